The summed E-state index contributed by atoms with van der Waals surface area (Å²) in [5.74, 6) is 1.59. The van der Waals surface area contributed by atoms with Gasteiger partial charge in [0.15, 0.2) is 0 Å². The number of carbonyl (C=O) groups is 1. The molecule has 0 atom stereocenters. The van der Waals surface area contributed by atoms with Crippen molar-refractivity contribution in [3.63, 3.8) is 0 Å². The smallest absolute Gasteiger partial charge is 0.318 e. The third kappa shape index (κ3) is 12.5. The first kappa shape index (κ1) is 44.8. The second-order valence-electron chi connectivity index (χ2n) is 13.1. The summed E-state index contributed by atoms with van der Waals surface area (Å²) in [6.45, 7) is 16.2. The van der Waals surface area contributed by atoms with Crippen LogP contribution in [-0.4, -0.2) is 108 Å². The van der Waals surface area contributed by atoms with Gasteiger partial charge in [-0.05, 0) is 78.3 Å². The van der Waals surface area contributed by atoms with Gasteiger partial charge in [0.2, 0.25) is 0 Å². The number of benzene rings is 3. The van der Waals surface area contributed by atoms with Gasteiger partial charge in [0.05, 0.1) is 41.5 Å². The number of rotatable bonds is 12. The van der Waals surface area contributed by atoms with Crippen molar-refractivity contribution >= 4 is 69.4 Å². The van der Waals surface area contributed by atoms with Gasteiger partial charge in [-0.3, -0.25) is 4.79 Å². The SMILES string of the molecule is CC.CC#N.COc1nc2c(c(N3CCNCC3)n1)CCN(c1cccc3cccc(Cl)c13)C2.[B]c1cc(C=O)cc(Br)c1OCCOCCCN1CCCC1. The fourth-order valence-electron chi connectivity index (χ4n) is 6.92. The number of likely N-dealkylation sites (tertiary alicyclic amines) is 1. The molecule has 1 N–H and O–H groups in total. The van der Waals surface area contributed by atoms with Crippen LogP contribution in [0.4, 0.5) is 11.5 Å². The van der Waals surface area contributed by atoms with E-state index >= 15 is 0 Å². The highest BCUT2D eigenvalue weighted by molar-refractivity contribution is 9.10. The number of aldehydes is 1. The quantitative estimate of drug-likeness (QED) is 0.0928. The molecule has 4 heterocycles. The largest absolute Gasteiger partial charge is 0.491 e. The number of nitrogens with one attached hydrogen (secondary N) is 1. The van der Waals surface area contributed by atoms with E-state index in [2.05, 4.69) is 60.2 Å². The zero-order chi connectivity index (χ0) is 40.3. The van der Waals surface area contributed by atoms with Gasteiger partial charge in [-0.25, -0.2) is 0 Å². The second kappa shape index (κ2) is 24.0. The summed E-state index contributed by atoms with van der Waals surface area (Å²) in [5, 5.41) is 13.8. The van der Waals surface area contributed by atoms with Gasteiger partial charge in [0, 0.05) is 75.0 Å². The maximum atomic E-state index is 10.7. The average molecular weight is 847 g/mol. The van der Waals surface area contributed by atoms with Gasteiger partial charge in [-0.15, -0.1) is 0 Å². The minimum absolute atomic E-state index is 0.437. The Morgan fingerprint density at radius 3 is 2.39 bits per heavy atom. The third-order valence-corrected chi connectivity index (χ3v) is 10.4. The summed E-state index contributed by atoms with van der Waals surface area (Å²) >= 11 is 9.93. The van der Waals surface area contributed by atoms with Crippen LogP contribution in [0.3, 0.4) is 0 Å². The molecule has 0 unspecified atom stereocenters. The Labute approximate surface area is 347 Å². The second-order valence-corrected chi connectivity index (χ2v) is 14.4. The molecule has 2 fully saturated rings. The number of methoxy groups -OCH3 is 1. The van der Waals surface area contributed by atoms with E-state index in [0.717, 1.165) is 105 Å². The van der Waals surface area contributed by atoms with Gasteiger partial charge >= 0.3 is 6.01 Å². The molecule has 2 radical (unpaired) electrons. The lowest BCUT2D eigenvalue weighted by atomic mass is 9.93. The summed E-state index contributed by atoms with van der Waals surface area (Å²) < 4.78 is 17.3. The average Bonchev–Trinajstić information content (AvgIpc) is 3.76. The van der Waals surface area contributed by atoms with Crippen LogP contribution in [0.25, 0.3) is 10.8 Å². The Morgan fingerprint density at radius 2 is 1.71 bits per heavy atom. The highest BCUT2D eigenvalue weighted by Crippen LogP contribution is 2.37. The monoisotopic (exact) mass is 845 g/mol. The van der Waals surface area contributed by atoms with Crippen LogP contribution in [0.5, 0.6) is 11.8 Å². The van der Waals surface area contributed by atoms with E-state index in [1.165, 1.54) is 38.4 Å². The van der Waals surface area contributed by atoms with Crippen molar-refractivity contribution in [3.05, 3.63) is 74.8 Å². The summed E-state index contributed by atoms with van der Waals surface area (Å²) in [5.41, 5.74) is 4.41. The number of carbonyl (C=O) groups excluding carboxylic acids is 1. The van der Waals surface area contributed by atoms with Crippen LogP contribution < -0.4 is 30.1 Å². The first-order valence-corrected chi connectivity index (χ1v) is 20.6. The van der Waals surface area contributed by atoms with E-state index in [9.17, 15) is 4.79 Å². The van der Waals surface area contributed by atoms with E-state index in [0.29, 0.717) is 40.5 Å². The molecule has 3 aromatic carbocycles. The Morgan fingerprint density at radius 1 is 1.00 bits per heavy atom. The molecule has 3 aliphatic rings. The number of ether oxygens (including phenoxy) is 3. The lowest BCUT2D eigenvalue weighted by molar-refractivity contribution is 0.0933. The molecule has 1 aromatic heterocycles. The number of hydrogen-bond donors (Lipinski definition) is 1. The molecule has 3 aliphatic heterocycles. The topological polar surface area (TPSA) is 116 Å². The number of hydrogen-bond acceptors (Lipinski definition) is 11. The van der Waals surface area contributed by atoms with Crippen molar-refractivity contribution in [1.82, 2.24) is 20.2 Å². The predicted octanol–water partition coefficient (Wildman–Crippen LogP) is 6.76. The van der Waals surface area contributed by atoms with E-state index < -0.39 is 0 Å². The summed E-state index contributed by atoms with van der Waals surface area (Å²) in [4.78, 5) is 27.4. The molecule has 56 heavy (non-hydrogen) atoms. The molecule has 14 heteroatoms. The third-order valence-electron chi connectivity index (χ3n) is 9.46. The van der Waals surface area contributed by atoms with Crippen LogP contribution in [0.1, 0.15) is 61.6 Å². The van der Waals surface area contributed by atoms with Crippen LogP contribution >= 0.6 is 27.5 Å². The van der Waals surface area contributed by atoms with Crippen LogP contribution in [-0.2, 0) is 17.7 Å². The molecular formula is C42H54BBrClN7O4. The first-order chi connectivity index (χ1) is 27.4. The number of aromatic nitrogens is 2. The van der Waals surface area contributed by atoms with Gasteiger partial charge in [0.1, 0.15) is 32.3 Å². The molecular weight excluding hydrogens is 793 g/mol. The number of nitriles is 1. The molecule has 0 amide bonds. The molecule has 11 nitrogen and oxygen atoms in total. The van der Waals surface area contributed by atoms with Crippen molar-refractivity contribution in [2.24, 2.45) is 0 Å². The van der Waals surface area contributed by atoms with Crippen molar-refractivity contribution in [2.45, 2.75) is 53.0 Å². The van der Waals surface area contributed by atoms with E-state index in [1.807, 2.05) is 26.0 Å². The molecule has 0 saturated carbocycles. The number of halogens is 2. The summed E-state index contributed by atoms with van der Waals surface area (Å²) in [6, 6.07) is 17.9. The van der Waals surface area contributed by atoms with E-state index in [1.54, 1.807) is 25.3 Å². The van der Waals surface area contributed by atoms with Gasteiger partial charge in [-0.1, -0.05) is 61.2 Å². The van der Waals surface area contributed by atoms with Gasteiger partial charge in [0.25, 0.3) is 0 Å². The summed E-state index contributed by atoms with van der Waals surface area (Å²) in [6.07, 6.45) is 5.37. The van der Waals surface area contributed by atoms with Crippen LogP contribution in [0.15, 0.2) is 53.0 Å². The molecule has 7 rings (SSSR count). The number of nitrogens with zero attached hydrogens (tertiary/aromatic N) is 6. The van der Waals surface area contributed by atoms with E-state index in [4.69, 9.17) is 48.9 Å². The molecule has 298 valence electrons. The highest BCUT2D eigenvalue weighted by Gasteiger charge is 2.27. The van der Waals surface area contributed by atoms with Crippen molar-refractivity contribution in [1.29, 1.82) is 5.26 Å². The van der Waals surface area contributed by atoms with Crippen LogP contribution in [0.2, 0.25) is 5.02 Å². The number of piperazine rings is 1. The van der Waals surface area contributed by atoms with Gasteiger partial charge < -0.3 is 34.2 Å². The maximum Gasteiger partial charge on any atom is 0.318 e. The van der Waals surface area contributed by atoms with Gasteiger partial charge in [-0.2, -0.15) is 15.2 Å². The molecule has 0 aliphatic carbocycles. The van der Waals surface area contributed by atoms with Crippen molar-refractivity contribution < 1.29 is 19.0 Å². The van der Waals surface area contributed by atoms with Crippen molar-refractivity contribution in [3.8, 4) is 17.8 Å². The predicted molar refractivity (Wildman–Crippen MR) is 232 cm³/mol. The fraction of sp³-hybridized carbons (Fsp3) is 0.476. The molecule has 4 aromatic rings. The zero-order valence-corrected chi connectivity index (χ0v) is 35.5. The molecule has 0 spiro atoms. The lowest BCUT2D eigenvalue weighted by Gasteiger charge is -2.35. The summed E-state index contributed by atoms with van der Waals surface area (Å²) in [7, 11) is 7.50. The first-order valence-electron chi connectivity index (χ1n) is 19.5. The number of fused-ring (bicyclic) bond motifs is 2. The van der Waals surface area contributed by atoms with E-state index in [-0.39, 0.29) is 0 Å². The highest BCUT2D eigenvalue weighted by atomic mass is 79.9. The standard InChI is InChI=1S/C22H24ClN5O.C16H21BBrNO3.C2H3N.C2H6/c1-29-22-25-18-14-28(19-7-3-5-15-4-2-6-17(23)20(15)19)11-8-16(18)21(26-22)27-12-9-24-10-13-27;17-14-10-13(12-20)11-15(18)16(14)22-9-8-21-7-3-6-19-4-1-2-5-19;1-2-3;1-2/h2-7,24H,8-14H2,1H3;10-12H,1-9H2;1H3;1-2H3. The van der Waals surface area contributed by atoms with Crippen molar-refractivity contribution in [2.75, 3.05) is 89.1 Å². The Bertz CT molecular complexity index is 1860. The Balaban J connectivity index is 0.000000231. The lowest BCUT2D eigenvalue weighted by Crippen LogP contribution is -2.45. The number of anilines is 2. The normalized spacial score (nSPS) is 14.9. The minimum Gasteiger partial charge on any atom is -0.491 e. The van der Waals surface area contributed by atoms with Crippen LogP contribution in [0, 0.1) is 11.3 Å². The molecule has 2 saturated heterocycles. The Hall–Kier alpha value is -3.93. The zero-order valence-electron chi connectivity index (χ0n) is 33.2. The minimum atomic E-state index is 0.437. The fourth-order valence-corrected chi connectivity index (χ4v) is 7.81. The maximum absolute atomic E-state index is 10.7. The molecule has 0 bridgehead atoms. The Kier molecular flexibility index (Phi) is 19.2.